The minimum atomic E-state index is -1.43. The van der Waals surface area contributed by atoms with Crippen LogP contribution in [0.25, 0.3) is 0 Å². The second-order valence-electron chi connectivity index (χ2n) is 14.1. The molecule has 0 aliphatic carbocycles. The summed E-state index contributed by atoms with van der Waals surface area (Å²) in [6.07, 6.45) is -6.35. The average molecular weight is 658 g/mol. The van der Waals surface area contributed by atoms with E-state index in [0.717, 1.165) is 0 Å². The molecule has 3 heterocycles. The summed E-state index contributed by atoms with van der Waals surface area (Å²) in [5.74, 6) is -4.71. The van der Waals surface area contributed by atoms with Crippen molar-refractivity contribution < 1.29 is 57.4 Å². The van der Waals surface area contributed by atoms with Crippen LogP contribution in [0.5, 0.6) is 0 Å². The van der Waals surface area contributed by atoms with Gasteiger partial charge in [0, 0.05) is 25.9 Å². The monoisotopic (exact) mass is 657 g/mol. The molecule has 0 unspecified atom stereocenters. The Bertz CT molecular complexity index is 1120. The van der Waals surface area contributed by atoms with Gasteiger partial charge in [-0.05, 0) is 61.1 Å². The molecule has 264 valence electrons. The normalized spacial score (nSPS) is 44.4. The van der Waals surface area contributed by atoms with E-state index in [-0.39, 0.29) is 30.8 Å². The van der Waals surface area contributed by atoms with Crippen molar-refractivity contribution in [1.82, 2.24) is 4.90 Å². The molecular weight excluding hydrogens is 602 g/mol. The third kappa shape index (κ3) is 7.69. The Hall–Kier alpha value is -2.32. The summed E-state index contributed by atoms with van der Waals surface area (Å²) in [5.41, 5.74) is -2.66. The first kappa shape index (κ1) is 38.1. The van der Waals surface area contributed by atoms with Crippen LogP contribution in [0.3, 0.4) is 0 Å². The van der Waals surface area contributed by atoms with Crippen LogP contribution in [0.4, 0.5) is 4.79 Å². The molecule has 3 fully saturated rings. The quantitative estimate of drug-likeness (QED) is 0.328. The number of hydrogen-bond donors (Lipinski definition) is 1. The number of likely N-dealkylation sites (N-methyl/N-ethyl adjacent to an activating group) is 1. The highest BCUT2D eigenvalue weighted by Crippen LogP contribution is 2.42. The highest BCUT2D eigenvalue weighted by Gasteiger charge is 2.59. The molecule has 13 nitrogen and oxygen atoms in total. The Balaban J connectivity index is 2.12. The predicted octanol–water partition coefficient (Wildman–Crippen LogP) is 3.27. The summed E-state index contributed by atoms with van der Waals surface area (Å²) in [5, 5.41) is 11.7. The molecule has 3 aliphatic heterocycles. The fraction of sp³-hybridized carbons (Fsp3) is 0.879. The molecule has 13 heteroatoms. The highest BCUT2D eigenvalue weighted by atomic mass is 16.8. The van der Waals surface area contributed by atoms with Gasteiger partial charge in [-0.2, -0.15) is 0 Å². The molecule has 3 rings (SSSR count). The Labute approximate surface area is 272 Å². The van der Waals surface area contributed by atoms with Crippen molar-refractivity contribution in [3.63, 3.8) is 0 Å². The molecular formula is C33H55NO12. The molecule has 0 amide bonds. The van der Waals surface area contributed by atoms with Gasteiger partial charge in [-0.15, -0.1) is 0 Å². The largest absolute Gasteiger partial charge is 0.509 e. The summed E-state index contributed by atoms with van der Waals surface area (Å²) in [6.45, 7) is 15.1. The van der Waals surface area contributed by atoms with Crippen molar-refractivity contribution in [2.24, 2.45) is 23.7 Å². The van der Waals surface area contributed by atoms with Gasteiger partial charge in [0.05, 0.1) is 41.8 Å². The van der Waals surface area contributed by atoms with Gasteiger partial charge in [-0.25, -0.2) is 4.79 Å². The molecule has 3 saturated heterocycles. The van der Waals surface area contributed by atoms with E-state index < -0.39 is 89.8 Å². The van der Waals surface area contributed by atoms with Crippen LogP contribution >= 0.6 is 0 Å². The third-order valence-electron chi connectivity index (χ3n) is 10.3. The lowest BCUT2D eigenvalue weighted by molar-refractivity contribution is -0.303. The molecule has 0 bridgehead atoms. The van der Waals surface area contributed by atoms with Crippen LogP contribution in [0.1, 0.15) is 81.6 Å². The Morgan fingerprint density at radius 2 is 1.67 bits per heavy atom. The van der Waals surface area contributed by atoms with Crippen molar-refractivity contribution in [2.45, 2.75) is 142 Å². The van der Waals surface area contributed by atoms with E-state index in [1.807, 2.05) is 25.9 Å². The van der Waals surface area contributed by atoms with Crippen LogP contribution in [-0.4, -0.2) is 115 Å². The summed E-state index contributed by atoms with van der Waals surface area (Å²) in [6, 6.07) is -0.239. The Morgan fingerprint density at radius 3 is 2.22 bits per heavy atom. The van der Waals surface area contributed by atoms with Crippen molar-refractivity contribution in [3.05, 3.63) is 0 Å². The fourth-order valence-electron chi connectivity index (χ4n) is 7.50. The van der Waals surface area contributed by atoms with Gasteiger partial charge in [0.2, 0.25) is 0 Å². The number of methoxy groups -OCH3 is 1. The van der Waals surface area contributed by atoms with Crippen LogP contribution < -0.4 is 0 Å². The number of rotatable bonds is 6. The molecule has 1 N–H and O–H groups in total. The van der Waals surface area contributed by atoms with E-state index >= 15 is 0 Å². The number of carbonyl (C=O) groups excluding carboxylic acids is 4. The van der Waals surface area contributed by atoms with Crippen LogP contribution in [0, 0.1) is 23.7 Å². The maximum Gasteiger partial charge on any atom is 0.509 e. The predicted molar refractivity (Wildman–Crippen MR) is 164 cm³/mol. The number of hydrogen-bond acceptors (Lipinski definition) is 13. The maximum atomic E-state index is 14.0. The number of nitrogens with zero attached hydrogens (tertiary/aromatic N) is 1. The summed E-state index contributed by atoms with van der Waals surface area (Å²) < 4.78 is 41.9. The Morgan fingerprint density at radius 1 is 1.04 bits per heavy atom. The molecule has 0 aromatic rings. The van der Waals surface area contributed by atoms with Gasteiger partial charge in [-0.3, -0.25) is 14.4 Å². The van der Waals surface area contributed by atoms with Gasteiger partial charge >= 0.3 is 18.1 Å². The Kier molecular flexibility index (Phi) is 12.3. The zero-order valence-corrected chi connectivity index (χ0v) is 29.4. The standard InChI is InChI=1S/C33H55NO12/c1-13-23-33(9)28(45-31(39)46-33)18(4)24(36)16(2)15-32(8,40-12)27(19(5)25(37)20(6)29(38)43-23)44-30-26(42-21(7)35)22(34(10)11)14-17(3)41-30/h16-20,22-23,25-28,30,37H,13-15H2,1-12H3/t16-,17-,18-,19+,20-,22+,23+,25+,26-,27-,28-,30+,32+,33-/m1/s1. The van der Waals surface area contributed by atoms with E-state index in [4.69, 9.17) is 33.2 Å². The van der Waals surface area contributed by atoms with Gasteiger partial charge in [0.1, 0.15) is 11.9 Å². The average Bonchev–Trinajstić information content (AvgIpc) is 3.30. The van der Waals surface area contributed by atoms with Gasteiger partial charge < -0.3 is 43.2 Å². The van der Waals surface area contributed by atoms with Gasteiger partial charge in [-0.1, -0.05) is 27.7 Å². The number of ether oxygens (including phenoxy) is 7. The zero-order valence-electron chi connectivity index (χ0n) is 29.4. The number of esters is 2. The summed E-state index contributed by atoms with van der Waals surface area (Å²) in [7, 11) is 5.25. The number of carbonyl (C=O) groups is 4. The van der Waals surface area contributed by atoms with Crippen LogP contribution in [0.2, 0.25) is 0 Å². The zero-order chi connectivity index (χ0) is 34.9. The second kappa shape index (κ2) is 14.8. The number of aliphatic hydroxyl groups is 1. The summed E-state index contributed by atoms with van der Waals surface area (Å²) >= 11 is 0. The van der Waals surface area contributed by atoms with E-state index in [0.29, 0.717) is 6.42 Å². The summed E-state index contributed by atoms with van der Waals surface area (Å²) in [4.78, 5) is 54.2. The van der Waals surface area contributed by atoms with Crippen molar-refractivity contribution in [1.29, 1.82) is 0 Å². The molecule has 14 atom stereocenters. The lowest BCUT2D eigenvalue weighted by Gasteiger charge is -2.48. The van der Waals surface area contributed by atoms with Gasteiger partial charge in [0.15, 0.2) is 24.1 Å². The maximum absolute atomic E-state index is 14.0. The molecule has 0 aromatic carbocycles. The number of aliphatic hydroxyl groups excluding tert-OH is 1. The SMILES string of the molecule is CC[C@@H]1OC(=O)[C@H](C)[C@@H](O)[C@H](C)[C@@H](O[C@@H]2O[C@H](C)C[C@H](N(C)C)[C@H]2OC(C)=O)[C@@](C)(OC)C[C@@H](C)C(=O)[C@@H](C)[C@H]2OC(=O)O[C@]12C. The molecule has 3 aliphatic rings. The molecule has 0 radical (unpaired) electrons. The topological polar surface area (TPSA) is 156 Å². The lowest BCUT2D eigenvalue weighted by atomic mass is 9.74. The van der Waals surface area contributed by atoms with Crippen molar-refractivity contribution in [2.75, 3.05) is 21.2 Å². The molecule has 0 spiro atoms. The lowest BCUT2D eigenvalue weighted by Crippen LogP contribution is -2.61. The second-order valence-corrected chi connectivity index (χ2v) is 14.1. The first-order chi connectivity index (χ1) is 21.3. The number of cyclic esters (lactones) is 1. The molecule has 46 heavy (non-hydrogen) atoms. The van der Waals surface area contributed by atoms with Crippen molar-refractivity contribution >= 4 is 23.9 Å². The minimum Gasteiger partial charge on any atom is -0.458 e. The number of ketones is 1. The smallest absolute Gasteiger partial charge is 0.458 e. The molecule has 0 aromatic heterocycles. The first-order valence-corrected chi connectivity index (χ1v) is 16.3. The first-order valence-electron chi connectivity index (χ1n) is 16.3. The fourth-order valence-corrected chi connectivity index (χ4v) is 7.50. The highest BCUT2D eigenvalue weighted by molar-refractivity contribution is 5.84. The number of Topliss-reactive ketones (excluding diaryl/α,β-unsaturated/α-hetero) is 1. The van der Waals surface area contributed by atoms with Gasteiger partial charge in [0.25, 0.3) is 0 Å². The van der Waals surface area contributed by atoms with E-state index in [1.165, 1.54) is 14.0 Å². The van der Waals surface area contributed by atoms with E-state index in [9.17, 15) is 24.3 Å². The third-order valence-corrected chi connectivity index (χ3v) is 10.3. The van der Waals surface area contributed by atoms with E-state index in [1.54, 1.807) is 48.5 Å². The van der Waals surface area contributed by atoms with Crippen LogP contribution in [0.15, 0.2) is 0 Å². The minimum absolute atomic E-state index is 0.139. The van der Waals surface area contributed by atoms with Crippen LogP contribution in [-0.2, 0) is 47.5 Å². The number of fused-ring (bicyclic) bond motifs is 1. The molecule has 0 saturated carbocycles. The van der Waals surface area contributed by atoms with Crippen molar-refractivity contribution in [3.8, 4) is 0 Å². The van der Waals surface area contributed by atoms with E-state index in [2.05, 4.69) is 0 Å².